The summed E-state index contributed by atoms with van der Waals surface area (Å²) in [5.74, 6) is 0.956. The number of piperazine rings is 1. The van der Waals surface area contributed by atoms with Crippen molar-refractivity contribution in [1.29, 1.82) is 0 Å². The van der Waals surface area contributed by atoms with Gasteiger partial charge in [0, 0.05) is 39.3 Å². The van der Waals surface area contributed by atoms with Gasteiger partial charge in [-0.05, 0) is 28.0 Å². The van der Waals surface area contributed by atoms with Crippen LogP contribution < -0.4 is 0 Å². The Morgan fingerprint density at radius 1 is 0.935 bits per heavy atom. The molecule has 0 N–H and O–H groups in total. The van der Waals surface area contributed by atoms with Crippen LogP contribution in [-0.2, 0) is 6.54 Å². The first-order valence-electron chi connectivity index (χ1n) is 11.3. The van der Waals surface area contributed by atoms with Crippen molar-refractivity contribution in [3.05, 3.63) is 83.7 Å². The molecule has 0 amide bonds. The highest BCUT2D eigenvalue weighted by Gasteiger charge is 2.30. The minimum atomic E-state index is 0.0927. The smallest absolute Gasteiger partial charge is 0.173 e. The maximum absolute atomic E-state index is 4.46. The Morgan fingerprint density at radius 3 is 2.35 bits per heavy atom. The second kappa shape index (κ2) is 11.0. The molecule has 1 aliphatic heterocycles. The van der Waals surface area contributed by atoms with Gasteiger partial charge in [-0.3, -0.25) is 9.80 Å². The molecule has 2 aromatic carbocycles. The van der Waals surface area contributed by atoms with E-state index in [1.54, 1.807) is 0 Å². The first-order chi connectivity index (χ1) is 15.3. The van der Waals surface area contributed by atoms with E-state index in [9.17, 15) is 0 Å². The molecular weight excluding hydrogens is 384 g/mol. The number of unbranched alkanes of at least 4 members (excludes halogenated alkanes) is 1. The number of aromatic nitrogens is 4. The molecule has 0 bridgehead atoms. The molecule has 0 radical (unpaired) electrons. The second-order valence-electron chi connectivity index (χ2n) is 8.08. The molecule has 6 heteroatoms. The van der Waals surface area contributed by atoms with Gasteiger partial charge in [0.25, 0.3) is 0 Å². The molecule has 1 aliphatic rings. The molecule has 0 saturated carbocycles. The van der Waals surface area contributed by atoms with E-state index in [1.807, 2.05) is 4.68 Å². The third-order valence-electron chi connectivity index (χ3n) is 5.89. The zero-order valence-electron chi connectivity index (χ0n) is 18.3. The molecule has 31 heavy (non-hydrogen) atoms. The SMILES string of the molecule is CCCCn1nnnc1[C@@H](c1ccccc1)N1CCN(C/C=C/c2ccccc2)CC1. The zero-order valence-corrected chi connectivity index (χ0v) is 18.3. The van der Waals surface area contributed by atoms with Crippen molar-refractivity contribution in [2.24, 2.45) is 0 Å². The van der Waals surface area contributed by atoms with Crippen LogP contribution in [0.1, 0.15) is 42.8 Å². The van der Waals surface area contributed by atoms with Gasteiger partial charge in [0.05, 0.1) is 6.04 Å². The molecule has 3 aromatic rings. The van der Waals surface area contributed by atoms with Crippen molar-refractivity contribution in [2.75, 3.05) is 32.7 Å². The third-order valence-corrected chi connectivity index (χ3v) is 5.89. The van der Waals surface area contributed by atoms with Crippen LogP contribution in [0.25, 0.3) is 6.08 Å². The number of nitrogens with zero attached hydrogens (tertiary/aromatic N) is 6. The van der Waals surface area contributed by atoms with Gasteiger partial charge < -0.3 is 0 Å². The highest BCUT2D eigenvalue weighted by Crippen LogP contribution is 2.28. The van der Waals surface area contributed by atoms with Crippen LogP contribution in [0.5, 0.6) is 0 Å². The third kappa shape index (κ3) is 5.66. The molecule has 1 aromatic heterocycles. The predicted molar refractivity (Wildman–Crippen MR) is 124 cm³/mol. The summed E-state index contributed by atoms with van der Waals surface area (Å²) < 4.78 is 2.00. The lowest BCUT2D eigenvalue weighted by Crippen LogP contribution is -2.48. The van der Waals surface area contributed by atoms with E-state index in [2.05, 4.69) is 105 Å². The lowest BCUT2D eigenvalue weighted by Gasteiger charge is -2.38. The summed E-state index contributed by atoms with van der Waals surface area (Å²) in [7, 11) is 0. The highest BCUT2D eigenvalue weighted by molar-refractivity contribution is 5.48. The number of aryl methyl sites for hydroxylation is 1. The first-order valence-corrected chi connectivity index (χ1v) is 11.3. The van der Waals surface area contributed by atoms with Crippen molar-refractivity contribution in [2.45, 2.75) is 32.4 Å². The molecule has 6 nitrogen and oxygen atoms in total. The summed E-state index contributed by atoms with van der Waals surface area (Å²) in [6.45, 7) is 8.13. The van der Waals surface area contributed by atoms with Gasteiger partial charge in [-0.25, -0.2) is 4.68 Å². The van der Waals surface area contributed by atoms with Gasteiger partial charge in [0.1, 0.15) is 0 Å². The zero-order chi connectivity index (χ0) is 21.3. The minimum Gasteiger partial charge on any atom is -0.297 e. The molecule has 0 aliphatic carbocycles. The van der Waals surface area contributed by atoms with Crippen molar-refractivity contribution >= 4 is 6.08 Å². The van der Waals surface area contributed by atoms with Gasteiger partial charge >= 0.3 is 0 Å². The number of hydrogen-bond donors (Lipinski definition) is 0. The Balaban J connectivity index is 1.43. The largest absolute Gasteiger partial charge is 0.297 e. The van der Waals surface area contributed by atoms with Crippen molar-refractivity contribution in [3.63, 3.8) is 0 Å². The minimum absolute atomic E-state index is 0.0927. The van der Waals surface area contributed by atoms with E-state index in [0.29, 0.717) is 0 Å². The summed E-state index contributed by atoms with van der Waals surface area (Å²) in [6.07, 6.45) is 6.69. The second-order valence-corrected chi connectivity index (χ2v) is 8.08. The van der Waals surface area contributed by atoms with Gasteiger partial charge in [-0.2, -0.15) is 0 Å². The Hall–Kier alpha value is -2.83. The average molecular weight is 417 g/mol. The van der Waals surface area contributed by atoms with Gasteiger partial charge in [-0.1, -0.05) is 86.2 Å². The van der Waals surface area contributed by atoms with Crippen molar-refractivity contribution in [1.82, 2.24) is 30.0 Å². The Bertz CT molecular complexity index is 929. The van der Waals surface area contributed by atoms with Crippen LogP contribution in [0.15, 0.2) is 66.7 Å². The molecule has 2 heterocycles. The standard InChI is InChI=1S/C25H32N6/c1-2-3-17-31-25(26-27-28-31)24(23-14-8-5-9-15-23)30-20-18-29(19-21-30)16-10-13-22-11-6-4-7-12-22/h4-15,24H,2-3,16-21H2,1H3/b13-10+/t24-/m1/s1. The molecule has 1 fully saturated rings. The molecule has 1 atom stereocenters. The molecule has 1 saturated heterocycles. The van der Waals surface area contributed by atoms with Gasteiger partial charge in [-0.15, -0.1) is 5.10 Å². The fourth-order valence-corrected chi connectivity index (χ4v) is 4.14. The average Bonchev–Trinajstić information content (AvgIpc) is 3.28. The van der Waals surface area contributed by atoms with Crippen molar-refractivity contribution < 1.29 is 0 Å². The molecular formula is C25H32N6. The summed E-state index contributed by atoms with van der Waals surface area (Å²) in [6, 6.07) is 21.2. The lowest BCUT2D eigenvalue weighted by atomic mass is 10.0. The molecule has 162 valence electrons. The molecule has 4 rings (SSSR count). The number of rotatable bonds is 9. The quantitative estimate of drug-likeness (QED) is 0.530. The maximum Gasteiger partial charge on any atom is 0.173 e. The first kappa shape index (κ1) is 21.4. The highest BCUT2D eigenvalue weighted by atomic mass is 15.6. The predicted octanol–water partition coefficient (Wildman–Crippen LogP) is 3.89. The van der Waals surface area contributed by atoms with Crippen LogP contribution in [-0.4, -0.2) is 62.7 Å². The van der Waals surface area contributed by atoms with Crippen molar-refractivity contribution in [3.8, 4) is 0 Å². The van der Waals surface area contributed by atoms with Crippen LogP contribution in [0.3, 0.4) is 0 Å². The lowest BCUT2D eigenvalue weighted by molar-refractivity contribution is 0.112. The fourth-order valence-electron chi connectivity index (χ4n) is 4.14. The monoisotopic (exact) mass is 416 g/mol. The topological polar surface area (TPSA) is 50.1 Å². The molecule has 0 unspecified atom stereocenters. The number of benzene rings is 2. The summed E-state index contributed by atoms with van der Waals surface area (Å²) in [5, 5.41) is 12.8. The van der Waals surface area contributed by atoms with E-state index in [1.165, 1.54) is 11.1 Å². The summed E-state index contributed by atoms with van der Waals surface area (Å²) >= 11 is 0. The molecule has 0 spiro atoms. The van der Waals surface area contributed by atoms with E-state index < -0.39 is 0 Å². The van der Waals surface area contributed by atoms with Crippen LogP contribution in [0.2, 0.25) is 0 Å². The number of tetrazole rings is 1. The van der Waals surface area contributed by atoms with Crippen LogP contribution >= 0.6 is 0 Å². The van der Waals surface area contributed by atoms with Gasteiger partial charge in [0.15, 0.2) is 5.82 Å². The normalized spacial score (nSPS) is 16.7. The van der Waals surface area contributed by atoms with Crippen LogP contribution in [0, 0.1) is 0 Å². The Morgan fingerprint density at radius 2 is 1.65 bits per heavy atom. The summed E-state index contributed by atoms with van der Waals surface area (Å²) in [4.78, 5) is 5.04. The van der Waals surface area contributed by atoms with Gasteiger partial charge in [0.2, 0.25) is 0 Å². The fraction of sp³-hybridized carbons (Fsp3) is 0.400. The van der Waals surface area contributed by atoms with E-state index in [4.69, 9.17) is 0 Å². The van der Waals surface area contributed by atoms with E-state index in [0.717, 1.165) is 57.9 Å². The Kier molecular flexibility index (Phi) is 7.58. The Labute approximate surface area is 185 Å². The maximum atomic E-state index is 4.46. The number of hydrogen-bond acceptors (Lipinski definition) is 5. The van der Waals surface area contributed by atoms with E-state index in [-0.39, 0.29) is 6.04 Å². The van der Waals surface area contributed by atoms with Crippen LogP contribution in [0.4, 0.5) is 0 Å². The van der Waals surface area contributed by atoms with E-state index >= 15 is 0 Å². The summed E-state index contributed by atoms with van der Waals surface area (Å²) in [5.41, 5.74) is 2.51.